The molecule has 4 nitrogen and oxygen atoms in total. The Kier molecular flexibility index (Phi) is 8.07. The highest BCUT2D eigenvalue weighted by Crippen LogP contribution is 2.28. The lowest BCUT2D eigenvalue weighted by Crippen LogP contribution is -2.31. The van der Waals surface area contributed by atoms with Gasteiger partial charge in [-0.3, -0.25) is 0 Å². The fourth-order valence-electron chi connectivity index (χ4n) is 1.87. The highest BCUT2D eigenvalue weighted by molar-refractivity contribution is 5.42. The Hall–Kier alpha value is -1.26. The molecule has 0 radical (unpaired) electrons. The van der Waals surface area contributed by atoms with E-state index in [1.807, 2.05) is 18.2 Å². The van der Waals surface area contributed by atoms with Crippen molar-refractivity contribution < 1.29 is 14.6 Å². The molecule has 0 aromatic heterocycles. The van der Waals surface area contributed by atoms with Crippen molar-refractivity contribution in [2.45, 2.75) is 45.7 Å². The smallest absolute Gasteiger partial charge is 0.161 e. The molecule has 0 aliphatic heterocycles. The molecule has 1 aromatic carbocycles. The number of aliphatic hydroxyl groups is 1. The third-order valence-corrected chi connectivity index (χ3v) is 3.29. The van der Waals surface area contributed by atoms with Crippen molar-refractivity contribution in [3.63, 3.8) is 0 Å². The number of methoxy groups -OCH3 is 1. The summed E-state index contributed by atoms with van der Waals surface area (Å²) in [7, 11) is 1.65. The predicted octanol–water partition coefficient (Wildman–Crippen LogP) is 2.73. The number of benzene rings is 1. The van der Waals surface area contributed by atoms with Crippen LogP contribution in [-0.2, 0) is 6.54 Å². The molecule has 4 heteroatoms. The van der Waals surface area contributed by atoms with E-state index in [1.54, 1.807) is 7.11 Å². The van der Waals surface area contributed by atoms with Crippen molar-refractivity contribution in [3.8, 4) is 11.5 Å². The minimum absolute atomic E-state index is 0.140. The number of unbranched alkanes of at least 4 members (excludes halogenated alkanes) is 1. The second-order valence-electron chi connectivity index (χ2n) is 4.86. The van der Waals surface area contributed by atoms with E-state index >= 15 is 0 Å². The van der Waals surface area contributed by atoms with Crippen molar-refractivity contribution in [1.29, 1.82) is 0 Å². The van der Waals surface area contributed by atoms with Crippen molar-refractivity contribution in [2.24, 2.45) is 0 Å². The zero-order chi connectivity index (χ0) is 14.8. The van der Waals surface area contributed by atoms with Gasteiger partial charge < -0.3 is 19.9 Å². The van der Waals surface area contributed by atoms with E-state index in [1.165, 1.54) is 0 Å². The van der Waals surface area contributed by atoms with E-state index in [4.69, 9.17) is 14.6 Å². The van der Waals surface area contributed by atoms with E-state index in [0.717, 1.165) is 36.3 Å². The fraction of sp³-hybridized carbons (Fsp3) is 0.625. The van der Waals surface area contributed by atoms with Crippen LogP contribution in [0, 0.1) is 0 Å². The molecule has 1 rings (SSSR count). The van der Waals surface area contributed by atoms with Gasteiger partial charge in [0, 0.05) is 12.6 Å². The van der Waals surface area contributed by atoms with Gasteiger partial charge in [-0.2, -0.15) is 0 Å². The first kappa shape index (κ1) is 16.8. The van der Waals surface area contributed by atoms with Crippen LogP contribution < -0.4 is 14.8 Å². The van der Waals surface area contributed by atoms with Crippen LogP contribution in [-0.4, -0.2) is 31.5 Å². The topological polar surface area (TPSA) is 50.7 Å². The van der Waals surface area contributed by atoms with Gasteiger partial charge in [-0.25, -0.2) is 0 Å². The van der Waals surface area contributed by atoms with E-state index < -0.39 is 0 Å². The highest BCUT2D eigenvalue weighted by Gasteiger charge is 2.07. The number of nitrogens with one attached hydrogen (secondary N) is 1. The minimum Gasteiger partial charge on any atom is -0.493 e. The molecule has 0 saturated carbocycles. The molecule has 0 spiro atoms. The zero-order valence-corrected chi connectivity index (χ0v) is 12.8. The zero-order valence-electron chi connectivity index (χ0n) is 12.8. The third kappa shape index (κ3) is 5.39. The summed E-state index contributed by atoms with van der Waals surface area (Å²) in [5, 5.41) is 12.5. The Bertz CT molecular complexity index is 378. The van der Waals surface area contributed by atoms with E-state index in [0.29, 0.717) is 13.2 Å². The Morgan fingerprint density at radius 3 is 2.65 bits per heavy atom. The first-order chi connectivity index (χ1) is 9.74. The number of hydrogen-bond acceptors (Lipinski definition) is 4. The summed E-state index contributed by atoms with van der Waals surface area (Å²) in [6.45, 7) is 5.78. The van der Waals surface area contributed by atoms with Crippen LogP contribution in [0.25, 0.3) is 0 Å². The van der Waals surface area contributed by atoms with Crippen LogP contribution in [0.15, 0.2) is 18.2 Å². The summed E-state index contributed by atoms with van der Waals surface area (Å²) in [6.07, 6.45) is 3.07. The largest absolute Gasteiger partial charge is 0.493 e. The van der Waals surface area contributed by atoms with Gasteiger partial charge in [0.15, 0.2) is 11.5 Å². The lowest BCUT2D eigenvalue weighted by molar-refractivity contribution is 0.238. The number of ether oxygens (including phenoxy) is 2. The Labute approximate surface area is 122 Å². The van der Waals surface area contributed by atoms with Crippen LogP contribution in [0.1, 0.15) is 38.7 Å². The molecule has 0 aliphatic carbocycles. The molecule has 2 N–H and O–H groups in total. The van der Waals surface area contributed by atoms with Crippen LogP contribution in [0.4, 0.5) is 0 Å². The van der Waals surface area contributed by atoms with Gasteiger partial charge in [0.1, 0.15) is 0 Å². The summed E-state index contributed by atoms with van der Waals surface area (Å²) in [6, 6.07) is 6.10. The maximum absolute atomic E-state index is 9.16. The van der Waals surface area contributed by atoms with E-state index in [2.05, 4.69) is 19.2 Å². The summed E-state index contributed by atoms with van der Waals surface area (Å²) in [5.41, 5.74) is 1.12. The molecule has 20 heavy (non-hydrogen) atoms. The quantitative estimate of drug-likeness (QED) is 0.648. The van der Waals surface area contributed by atoms with Crippen LogP contribution in [0.5, 0.6) is 11.5 Å². The molecule has 0 saturated heterocycles. The first-order valence-corrected chi connectivity index (χ1v) is 7.39. The van der Waals surface area contributed by atoms with Gasteiger partial charge in [0.05, 0.1) is 20.3 Å². The average Bonchev–Trinajstić information content (AvgIpc) is 2.49. The molecule has 1 aromatic rings. The molecule has 0 heterocycles. The molecular formula is C16H27NO3. The van der Waals surface area contributed by atoms with Crippen LogP contribution in [0.3, 0.4) is 0 Å². The predicted molar refractivity (Wildman–Crippen MR) is 81.4 cm³/mol. The van der Waals surface area contributed by atoms with Gasteiger partial charge in [-0.15, -0.1) is 0 Å². The van der Waals surface area contributed by atoms with Gasteiger partial charge in [-0.1, -0.05) is 26.3 Å². The molecule has 1 unspecified atom stereocenters. The molecule has 0 bridgehead atoms. The Balaban J connectivity index is 2.61. The van der Waals surface area contributed by atoms with Gasteiger partial charge in [0.2, 0.25) is 0 Å². The number of hydrogen-bond donors (Lipinski definition) is 2. The number of rotatable bonds is 10. The first-order valence-electron chi connectivity index (χ1n) is 7.39. The van der Waals surface area contributed by atoms with Gasteiger partial charge in [-0.05, 0) is 30.5 Å². The second-order valence-corrected chi connectivity index (χ2v) is 4.86. The van der Waals surface area contributed by atoms with E-state index in [-0.39, 0.29) is 12.6 Å². The molecule has 114 valence electrons. The standard InChI is InChI=1S/C16H27NO3/c1-4-6-9-20-15-8-7-13(10-16(15)19-3)11-17-14(5-2)12-18/h7-8,10,14,17-18H,4-6,9,11-12H2,1-3H3. The number of aliphatic hydroxyl groups excluding tert-OH is 1. The maximum atomic E-state index is 9.16. The summed E-state index contributed by atoms with van der Waals surface area (Å²) < 4.78 is 11.1. The van der Waals surface area contributed by atoms with Crippen LogP contribution in [0.2, 0.25) is 0 Å². The Morgan fingerprint density at radius 2 is 2.05 bits per heavy atom. The molecule has 0 fully saturated rings. The molecular weight excluding hydrogens is 254 g/mol. The maximum Gasteiger partial charge on any atom is 0.161 e. The summed E-state index contributed by atoms with van der Waals surface area (Å²) in [5.74, 6) is 1.55. The summed E-state index contributed by atoms with van der Waals surface area (Å²) >= 11 is 0. The molecule has 0 amide bonds. The molecule has 1 atom stereocenters. The monoisotopic (exact) mass is 281 g/mol. The average molecular weight is 281 g/mol. The minimum atomic E-state index is 0.140. The van der Waals surface area contributed by atoms with Crippen LogP contribution >= 0.6 is 0 Å². The van der Waals surface area contributed by atoms with E-state index in [9.17, 15) is 0 Å². The summed E-state index contributed by atoms with van der Waals surface area (Å²) in [4.78, 5) is 0. The van der Waals surface area contributed by atoms with Crippen molar-refractivity contribution >= 4 is 0 Å². The lowest BCUT2D eigenvalue weighted by Gasteiger charge is -2.15. The van der Waals surface area contributed by atoms with Crippen molar-refractivity contribution in [3.05, 3.63) is 23.8 Å². The SMILES string of the molecule is CCCCOc1ccc(CNC(CC)CO)cc1OC. The van der Waals surface area contributed by atoms with Crippen molar-refractivity contribution in [2.75, 3.05) is 20.3 Å². The van der Waals surface area contributed by atoms with Gasteiger partial charge >= 0.3 is 0 Å². The highest BCUT2D eigenvalue weighted by atomic mass is 16.5. The van der Waals surface area contributed by atoms with Crippen molar-refractivity contribution in [1.82, 2.24) is 5.32 Å². The lowest BCUT2D eigenvalue weighted by atomic mass is 10.1. The Morgan fingerprint density at radius 1 is 1.25 bits per heavy atom. The van der Waals surface area contributed by atoms with Gasteiger partial charge in [0.25, 0.3) is 0 Å². The normalized spacial score (nSPS) is 12.2. The fourth-order valence-corrected chi connectivity index (χ4v) is 1.87. The third-order valence-electron chi connectivity index (χ3n) is 3.29. The second kappa shape index (κ2) is 9.61. The molecule has 0 aliphatic rings.